The van der Waals surface area contributed by atoms with Crippen LogP contribution in [-0.4, -0.2) is 0 Å². The van der Waals surface area contributed by atoms with Crippen molar-refractivity contribution in [2.24, 2.45) is 0 Å². The van der Waals surface area contributed by atoms with Gasteiger partial charge in [-0.25, -0.2) is 13.2 Å². The molecule has 0 N–H and O–H groups in total. The molecule has 0 aliphatic carbocycles. The molecule has 1 aromatic carbocycles. The van der Waals surface area contributed by atoms with Crippen LogP contribution in [0.1, 0.15) is 30.5 Å². The van der Waals surface area contributed by atoms with Gasteiger partial charge < -0.3 is 0 Å². The van der Waals surface area contributed by atoms with Crippen molar-refractivity contribution in [1.82, 2.24) is 0 Å². The monoisotopic (exact) mass is 214 g/mol. The predicted molar refractivity (Wildman–Crippen MR) is 55.2 cm³/mol. The van der Waals surface area contributed by atoms with Crippen molar-refractivity contribution in [3.8, 4) is 0 Å². The van der Waals surface area contributed by atoms with Gasteiger partial charge in [0.1, 0.15) is 5.83 Å². The standard InChI is InChI=1S/C12H13F3/c1-4-8-6-7(3)11(14)12(15)10(8)9(13)5-2/h5-6H,4H2,1-3H3/b9-5+. The van der Waals surface area contributed by atoms with Crippen LogP contribution in [0.4, 0.5) is 13.2 Å². The predicted octanol–water partition coefficient (Wildman–Crippen LogP) is 4.17. The number of hydrogen-bond donors (Lipinski definition) is 0. The summed E-state index contributed by atoms with van der Waals surface area (Å²) in [7, 11) is 0. The molecule has 0 aliphatic heterocycles. The Morgan fingerprint density at radius 3 is 2.40 bits per heavy atom. The highest BCUT2D eigenvalue weighted by atomic mass is 19.2. The largest absolute Gasteiger partial charge is 0.207 e. The lowest BCUT2D eigenvalue weighted by Crippen LogP contribution is -2.00. The third-order valence-corrected chi connectivity index (χ3v) is 2.34. The maximum absolute atomic E-state index is 13.5. The van der Waals surface area contributed by atoms with E-state index in [1.165, 1.54) is 19.9 Å². The number of allylic oxidation sites excluding steroid dienone is 1. The third-order valence-electron chi connectivity index (χ3n) is 2.34. The molecule has 0 saturated heterocycles. The summed E-state index contributed by atoms with van der Waals surface area (Å²) in [6.07, 6.45) is 1.60. The summed E-state index contributed by atoms with van der Waals surface area (Å²) in [4.78, 5) is 0. The summed E-state index contributed by atoms with van der Waals surface area (Å²) in [5.41, 5.74) is 0.446. The lowest BCUT2D eigenvalue weighted by Gasteiger charge is -2.10. The van der Waals surface area contributed by atoms with E-state index in [1.54, 1.807) is 6.92 Å². The minimum absolute atomic E-state index is 0.206. The van der Waals surface area contributed by atoms with Crippen LogP contribution >= 0.6 is 0 Å². The smallest absolute Gasteiger partial charge is 0.169 e. The molecular weight excluding hydrogens is 201 g/mol. The van der Waals surface area contributed by atoms with Gasteiger partial charge in [0, 0.05) is 0 Å². The first-order valence-corrected chi connectivity index (χ1v) is 4.82. The van der Waals surface area contributed by atoms with Gasteiger partial charge in [-0.05, 0) is 31.4 Å². The van der Waals surface area contributed by atoms with Crippen molar-refractivity contribution in [2.75, 3.05) is 0 Å². The summed E-state index contributed by atoms with van der Waals surface area (Å²) in [5.74, 6) is -2.79. The van der Waals surface area contributed by atoms with Crippen LogP contribution in [0.2, 0.25) is 0 Å². The Hall–Kier alpha value is -1.25. The second-order valence-corrected chi connectivity index (χ2v) is 3.35. The lowest BCUT2D eigenvalue weighted by molar-refractivity contribution is 0.496. The number of benzene rings is 1. The minimum Gasteiger partial charge on any atom is -0.207 e. The molecule has 3 heteroatoms. The van der Waals surface area contributed by atoms with Crippen molar-refractivity contribution in [2.45, 2.75) is 27.2 Å². The molecule has 0 spiro atoms. The van der Waals surface area contributed by atoms with Gasteiger partial charge in [0.25, 0.3) is 0 Å². The Bertz CT molecular complexity index is 406. The molecule has 0 radical (unpaired) electrons. The van der Waals surface area contributed by atoms with Crippen molar-refractivity contribution in [3.63, 3.8) is 0 Å². The maximum atomic E-state index is 13.5. The van der Waals surface area contributed by atoms with Gasteiger partial charge in [-0.2, -0.15) is 0 Å². The maximum Gasteiger partial charge on any atom is 0.169 e. The number of hydrogen-bond acceptors (Lipinski definition) is 0. The van der Waals surface area contributed by atoms with Crippen molar-refractivity contribution in [3.05, 3.63) is 40.5 Å². The van der Waals surface area contributed by atoms with Crippen molar-refractivity contribution in [1.29, 1.82) is 0 Å². The van der Waals surface area contributed by atoms with Gasteiger partial charge in [0.15, 0.2) is 11.6 Å². The Morgan fingerprint density at radius 2 is 1.93 bits per heavy atom. The molecule has 15 heavy (non-hydrogen) atoms. The summed E-state index contributed by atoms with van der Waals surface area (Å²) in [6, 6.07) is 1.48. The van der Waals surface area contributed by atoms with E-state index in [-0.39, 0.29) is 11.1 Å². The van der Waals surface area contributed by atoms with Crippen molar-refractivity contribution >= 4 is 5.83 Å². The molecule has 0 heterocycles. The van der Waals surface area contributed by atoms with Crippen LogP contribution in [-0.2, 0) is 6.42 Å². The van der Waals surface area contributed by atoms with Crippen LogP contribution in [0.25, 0.3) is 5.83 Å². The summed E-state index contributed by atoms with van der Waals surface area (Å²) >= 11 is 0. The zero-order chi connectivity index (χ0) is 11.6. The molecule has 0 fully saturated rings. The van der Waals surface area contributed by atoms with E-state index in [9.17, 15) is 13.2 Å². The van der Waals surface area contributed by atoms with E-state index in [2.05, 4.69) is 0 Å². The lowest BCUT2D eigenvalue weighted by atomic mass is 10.00. The molecule has 0 unspecified atom stereocenters. The van der Waals surface area contributed by atoms with E-state index in [1.807, 2.05) is 0 Å². The molecule has 1 rings (SSSR count). The fourth-order valence-electron chi connectivity index (χ4n) is 1.50. The summed E-state index contributed by atoms with van der Waals surface area (Å²) in [6.45, 7) is 4.69. The van der Waals surface area contributed by atoms with Crippen LogP contribution < -0.4 is 0 Å². The molecule has 0 aromatic heterocycles. The number of rotatable bonds is 2. The SMILES string of the molecule is C/C=C(/F)c1c(CC)cc(C)c(F)c1F. The number of halogens is 3. The highest BCUT2D eigenvalue weighted by Crippen LogP contribution is 2.28. The van der Waals surface area contributed by atoms with Crippen LogP contribution in [0.15, 0.2) is 12.1 Å². The Balaban J connectivity index is 3.54. The molecule has 0 saturated carbocycles. The zero-order valence-electron chi connectivity index (χ0n) is 9.00. The van der Waals surface area contributed by atoms with Crippen LogP contribution in [0, 0.1) is 18.6 Å². The second kappa shape index (κ2) is 4.51. The van der Waals surface area contributed by atoms with E-state index in [0.717, 1.165) is 6.08 Å². The zero-order valence-corrected chi connectivity index (χ0v) is 9.00. The van der Waals surface area contributed by atoms with Crippen LogP contribution in [0.3, 0.4) is 0 Å². The highest BCUT2D eigenvalue weighted by Gasteiger charge is 2.18. The Morgan fingerprint density at radius 1 is 1.33 bits per heavy atom. The minimum atomic E-state index is -1.09. The molecule has 0 aliphatic rings. The normalized spacial score (nSPS) is 12.0. The molecule has 0 atom stereocenters. The van der Waals surface area contributed by atoms with Gasteiger partial charge in [-0.15, -0.1) is 0 Å². The van der Waals surface area contributed by atoms with Gasteiger partial charge in [0.05, 0.1) is 5.56 Å². The molecule has 0 nitrogen and oxygen atoms in total. The first-order valence-electron chi connectivity index (χ1n) is 4.82. The average molecular weight is 214 g/mol. The molecule has 0 bridgehead atoms. The quantitative estimate of drug-likeness (QED) is 0.693. The van der Waals surface area contributed by atoms with Crippen LogP contribution in [0.5, 0.6) is 0 Å². The molecular formula is C12H13F3. The van der Waals surface area contributed by atoms with Gasteiger partial charge in [-0.3, -0.25) is 0 Å². The fourth-order valence-corrected chi connectivity index (χ4v) is 1.50. The molecule has 82 valence electrons. The van der Waals surface area contributed by atoms with E-state index >= 15 is 0 Å². The topological polar surface area (TPSA) is 0 Å². The van der Waals surface area contributed by atoms with E-state index < -0.39 is 17.5 Å². The van der Waals surface area contributed by atoms with Crippen molar-refractivity contribution < 1.29 is 13.2 Å². The first-order chi connectivity index (χ1) is 7.02. The molecule has 1 aromatic rings. The third kappa shape index (κ3) is 2.06. The summed E-state index contributed by atoms with van der Waals surface area (Å²) < 4.78 is 40.1. The van der Waals surface area contributed by atoms with E-state index in [4.69, 9.17) is 0 Å². The van der Waals surface area contributed by atoms with Gasteiger partial charge in [-0.1, -0.05) is 19.1 Å². The van der Waals surface area contributed by atoms with Gasteiger partial charge >= 0.3 is 0 Å². The first kappa shape index (κ1) is 11.8. The average Bonchev–Trinajstić information content (AvgIpc) is 2.24. The molecule has 0 amide bonds. The Labute approximate surface area is 87.4 Å². The second-order valence-electron chi connectivity index (χ2n) is 3.35. The summed E-state index contributed by atoms with van der Waals surface area (Å²) in [5, 5.41) is 0. The fraction of sp³-hybridized carbons (Fsp3) is 0.333. The van der Waals surface area contributed by atoms with E-state index in [0.29, 0.717) is 12.0 Å². The Kier molecular flexibility index (Phi) is 3.56. The van der Waals surface area contributed by atoms with Gasteiger partial charge in [0.2, 0.25) is 0 Å². The highest BCUT2D eigenvalue weighted by molar-refractivity contribution is 5.63. The number of aryl methyl sites for hydroxylation is 2.